The van der Waals surface area contributed by atoms with Crippen molar-refractivity contribution in [1.29, 1.82) is 0 Å². The summed E-state index contributed by atoms with van der Waals surface area (Å²) in [6, 6.07) is 6.19. The number of aromatic nitrogens is 1. The first kappa shape index (κ1) is 11.5. The summed E-state index contributed by atoms with van der Waals surface area (Å²) >= 11 is 5.86. The van der Waals surface area contributed by atoms with Gasteiger partial charge in [-0.25, -0.2) is 4.39 Å². The average Bonchev–Trinajstić information content (AvgIpc) is 2.73. The first-order chi connectivity index (χ1) is 8.65. The second-order valence-corrected chi connectivity index (χ2v) is 4.89. The Morgan fingerprint density at radius 1 is 1.22 bits per heavy atom. The molecule has 18 heavy (non-hydrogen) atoms. The van der Waals surface area contributed by atoms with Gasteiger partial charge in [0, 0.05) is 34.6 Å². The number of nitrogens with zero attached hydrogens (tertiary/aromatic N) is 1. The van der Waals surface area contributed by atoms with Crippen LogP contribution in [0.5, 0.6) is 0 Å². The highest BCUT2D eigenvalue weighted by Gasteiger charge is 2.21. The van der Waals surface area contributed by atoms with E-state index < -0.39 is 0 Å². The highest BCUT2D eigenvalue weighted by molar-refractivity contribution is 6.30. The summed E-state index contributed by atoms with van der Waals surface area (Å²) in [7, 11) is 0. The van der Waals surface area contributed by atoms with Gasteiger partial charge >= 0.3 is 0 Å². The van der Waals surface area contributed by atoms with Gasteiger partial charge in [0.05, 0.1) is 0 Å². The van der Waals surface area contributed by atoms with Gasteiger partial charge < -0.3 is 4.57 Å². The molecular weight excluding hydrogens is 253 g/mol. The Morgan fingerprint density at radius 3 is 2.83 bits per heavy atom. The third-order valence-corrected chi connectivity index (χ3v) is 3.45. The monoisotopic (exact) mass is 263 g/mol. The molecule has 3 rings (SSSR count). The Morgan fingerprint density at radius 2 is 2.06 bits per heavy atom. The van der Waals surface area contributed by atoms with Crippen molar-refractivity contribution in [3.05, 3.63) is 52.6 Å². The fourth-order valence-corrected chi connectivity index (χ4v) is 2.66. The molecule has 1 heterocycles. The first-order valence-corrected chi connectivity index (χ1v) is 6.23. The molecule has 92 valence electrons. The zero-order valence-corrected chi connectivity index (χ0v) is 10.4. The minimum atomic E-state index is -0.373. The van der Waals surface area contributed by atoms with Gasteiger partial charge in [-0.15, -0.1) is 0 Å². The lowest BCUT2D eigenvalue weighted by Gasteiger charge is -2.15. The Hall–Kier alpha value is -1.61. The lowest BCUT2D eigenvalue weighted by Crippen LogP contribution is -2.12. The topological polar surface area (TPSA) is 22.0 Å². The van der Waals surface area contributed by atoms with E-state index in [0.717, 1.165) is 24.1 Å². The van der Waals surface area contributed by atoms with Crippen LogP contribution in [0.15, 0.2) is 30.5 Å². The Kier molecular flexibility index (Phi) is 2.71. The number of ketones is 1. The van der Waals surface area contributed by atoms with Gasteiger partial charge in [0.15, 0.2) is 5.78 Å². The van der Waals surface area contributed by atoms with Crippen molar-refractivity contribution in [3.63, 3.8) is 0 Å². The van der Waals surface area contributed by atoms with Crippen LogP contribution in [0.1, 0.15) is 28.9 Å². The normalized spacial score (nSPS) is 14.7. The average molecular weight is 264 g/mol. The number of fused-ring (bicyclic) bond motifs is 1. The molecule has 1 aliphatic rings. The number of rotatable bonds is 1. The number of halogens is 2. The lowest BCUT2D eigenvalue weighted by atomic mass is 9.97. The van der Waals surface area contributed by atoms with E-state index in [0.29, 0.717) is 17.1 Å². The fourth-order valence-electron chi connectivity index (χ4n) is 2.45. The molecule has 0 aliphatic heterocycles. The molecule has 2 nitrogen and oxygen atoms in total. The van der Waals surface area contributed by atoms with E-state index in [4.69, 9.17) is 11.6 Å². The van der Waals surface area contributed by atoms with Crippen molar-refractivity contribution in [2.75, 3.05) is 0 Å². The quantitative estimate of drug-likeness (QED) is 0.767. The number of carbonyl (C=O) groups excluding carboxylic acids is 1. The molecule has 0 saturated heterocycles. The van der Waals surface area contributed by atoms with Gasteiger partial charge in [-0.1, -0.05) is 11.6 Å². The predicted molar refractivity (Wildman–Crippen MR) is 68.0 cm³/mol. The molecule has 0 spiro atoms. The smallest absolute Gasteiger partial charge is 0.164 e. The molecule has 0 bridgehead atoms. The summed E-state index contributed by atoms with van der Waals surface area (Å²) < 4.78 is 15.2. The highest BCUT2D eigenvalue weighted by Crippen LogP contribution is 2.26. The van der Waals surface area contributed by atoms with E-state index in [9.17, 15) is 9.18 Å². The maximum Gasteiger partial charge on any atom is 0.164 e. The van der Waals surface area contributed by atoms with E-state index in [1.54, 1.807) is 18.3 Å². The molecular formula is C14H11ClFNO. The second kappa shape index (κ2) is 4.25. The molecule has 0 N–H and O–H groups in total. The number of Topliss-reactive ketones (excluding diaryl/α,β-unsaturated/α-hetero) is 1. The number of hydrogen-bond acceptors (Lipinski definition) is 1. The van der Waals surface area contributed by atoms with Crippen LogP contribution in [0.4, 0.5) is 4.39 Å². The summed E-state index contributed by atoms with van der Waals surface area (Å²) in [6.07, 6.45) is 4.08. The Balaban J connectivity index is 2.15. The van der Waals surface area contributed by atoms with Crippen LogP contribution in [0.3, 0.4) is 0 Å². The zero-order chi connectivity index (χ0) is 12.7. The van der Waals surface area contributed by atoms with Gasteiger partial charge in [-0.2, -0.15) is 0 Å². The Bertz CT molecular complexity index is 612. The van der Waals surface area contributed by atoms with Crippen LogP contribution >= 0.6 is 11.6 Å². The van der Waals surface area contributed by atoms with Crippen molar-refractivity contribution in [2.45, 2.75) is 19.3 Å². The van der Waals surface area contributed by atoms with Crippen molar-refractivity contribution >= 4 is 17.4 Å². The second-order valence-electron chi connectivity index (χ2n) is 4.45. The van der Waals surface area contributed by atoms with Crippen molar-refractivity contribution < 1.29 is 9.18 Å². The van der Waals surface area contributed by atoms with E-state index in [1.165, 1.54) is 12.1 Å². The zero-order valence-electron chi connectivity index (χ0n) is 9.62. The summed E-state index contributed by atoms with van der Waals surface area (Å²) in [5.41, 5.74) is 2.37. The van der Waals surface area contributed by atoms with Gasteiger partial charge in [-0.05, 0) is 37.1 Å². The molecule has 0 atom stereocenters. The van der Waals surface area contributed by atoms with Crippen LogP contribution in [0.25, 0.3) is 5.69 Å². The summed E-state index contributed by atoms with van der Waals surface area (Å²) in [5, 5.41) is 0.356. The molecule has 0 saturated carbocycles. The van der Waals surface area contributed by atoms with Crippen LogP contribution in [0.2, 0.25) is 5.02 Å². The largest absolute Gasteiger partial charge is 0.320 e. The molecule has 0 amide bonds. The van der Waals surface area contributed by atoms with Crippen molar-refractivity contribution in [1.82, 2.24) is 4.57 Å². The van der Waals surface area contributed by atoms with Gasteiger partial charge in [0.1, 0.15) is 5.82 Å². The minimum absolute atomic E-state index is 0.164. The molecule has 0 radical (unpaired) electrons. The molecule has 1 aromatic heterocycles. The molecule has 0 unspecified atom stereocenters. The molecule has 2 aromatic rings. The van der Waals surface area contributed by atoms with Crippen LogP contribution in [-0.4, -0.2) is 10.4 Å². The van der Waals surface area contributed by atoms with Gasteiger partial charge in [0.2, 0.25) is 0 Å². The van der Waals surface area contributed by atoms with Crippen molar-refractivity contribution in [3.8, 4) is 5.69 Å². The third-order valence-electron chi connectivity index (χ3n) is 3.24. The number of benzene rings is 1. The minimum Gasteiger partial charge on any atom is -0.320 e. The third kappa shape index (κ3) is 1.85. The van der Waals surface area contributed by atoms with Gasteiger partial charge in [0.25, 0.3) is 0 Å². The molecule has 1 aromatic carbocycles. The van der Waals surface area contributed by atoms with Crippen LogP contribution in [-0.2, 0) is 6.42 Å². The van der Waals surface area contributed by atoms with E-state index in [1.807, 2.05) is 4.57 Å². The SMILES string of the molecule is O=C1CCCc2c1ccn2-c1cc(F)cc(Cl)c1. The van der Waals surface area contributed by atoms with E-state index in [-0.39, 0.29) is 11.6 Å². The van der Waals surface area contributed by atoms with E-state index in [2.05, 4.69) is 0 Å². The first-order valence-electron chi connectivity index (χ1n) is 5.85. The maximum atomic E-state index is 13.4. The highest BCUT2D eigenvalue weighted by atomic mass is 35.5. The number of carbonyl (C=O) groups is 1. The summed E-state index contributed by atoms with van der Waals surface area (Å²) in [5.74, 6) is -0.209. The Labute approximate surface area is 109 Å². The predicted octanol–water partition coefficient (Wildman–Crippen LogP) is 3.79. The fraction of sp³-hybridized carbons (Fsp3) is 0.214. The summed E-state index contributed by atoms with van der Waals surface area (Å²) in [6.45, 7) is 0. The molecule has 1 aliphatic carbocycles. The number of hydrogen-bond donors (Lipinski definition) is 0. The maximum absolute atomic E-state index is 13.4. The summed E-state index contributed by atoms with van der Waals surface area (Å²) in [4.78, 5) is 11.8. The lowest BCUT2D eigenvalue weighted by molar-refractivity contribution is 0.0972. The molecule has 0 fully saturated rings. The van der Waals surface area contributed by atoms with Gasteiger partial charge in [-0.3, -0.25) is 4.79 Å². The van der Waals surface area contributed by atoms with Crippen LogP contribution < -0.4 is 0 Å². The molecule has 4 heteroatoms. The standard InChI is InChI=1S/C14H11ClFNO/c15-9-6-10(16)8-11(7-9)17-5-4-12-13(17)2-1-3-14(12)18/h4-8H,1-3H2. The van der Waals surface area contributed by atoms with E-state index >= 15 is 0 Å². The van der Waals surface area contributed by atoms with Crippen molar-refractivity contribution in [2.24, 2.45) is 0 Å². The van der Waals surface area contributed by atoms with Crippen LogP contribution in [0, 0.1) is 5.82 Å².